The first-order valence-corrected chi connectivity index (χ1v) is 19.5. The van der Waals surface area contributed by atoms with Gasteiger partial charge in [0.15, 0.2) is 0 Å². The lowest BCUT2D eigenvalue weighted by Gasteiger charge is -2.18. The Labute approximate surface area is 313 Å². The van der Waals surface area contributed by atoms with Gasteiger partial charge in [0.1, 0.15) is 0 Å². The average molecular weight is 729 g/mol. The van der Waals surface area contributed by atoms with E-state index in [0.717, 1.165) is 63.4 Å². The highest BCUT2D eigenvalue weighted by Crippen LogP contribution is 2.41. The number of unbranched alkanes of at least 4 members (excludes halogenated alkanes) is 6. The zero-order chi connectivity index (χ0) is 37.9. The molecule has 5 rings (SSSR count). The van der Waals surface area contributed by atoms with Crippen LogP contribution in [0.4, 0.5) is 0 Å². The van der Waals surface area contributed by atoms with Gasteiger partial charge in [-0.2, -0.15) is 0 Å². The van der Waals surface area contributed by atoms with Crippen LogP contribution < -0.4 is 21.7 Å². The highest BCUT2D eigenvalue weighted by Gasteiger charge is 2.47. The van der Waals surface area contributed by atoms with Crippen molar-refractivity contribution in [3.63, 3.8) is 0 Å². The Kier molecular flexibility index (Phi) is 14.0. The Morgan fingerprint density at radius 1 is 0.604 bits per heavy atom. The molecule has 5 N–H and O–H groups in total. The van der Waals surface area contributed by atoms with Crippen molar-refractivity contribution in [2.24, 2.45) is 29.4 Å². The molecular formula is C41H56N6O6. The Bertz CT molecular complexity index is 1570. The molecule has 3 fully saturated rings. The largest absolute Gasteiger partial charge is 0.369 e. The average Bonchev–Trinajstić information content (AvgIpc) is 3.55. The topological polar surface area (TPSA) is 171 Å². The molecule has 1 aliphatic carbocycles. The highest BCUT2D eigenvalue weighted by atomic mass is 16.2. The van der Waals surface area contributed by atoms with Gasteiger partial charge in [0.25, 0.3) is 11.8 Å². The first-order chi connectivity index (χ1) is 25.6. The zero-order valence-corrected chi connectivity index (χ0v) is 31.2. The number of amides is 6. The minimum absolute atomic E-state index is 0.0238. The zero-order valence-electron chi connectivity index (χ0n) is 31.2. The molecule has 0 spiro atoms. The van der Waals surface area contributed by atoms with E-state index in [9.17, 15) is 28.8 Å². The van der Waals surface area contributed by atoms with Crippen molar-refractivity contribution in [3.05, 3.63) is 71.3 Å². The molecule has 1 saturated carbocycles. The Morgan fingerprint density at radius 3 is 1.51 bits per heavy atom. The van der Waals surface area contributed by atoms with Gasteiger partial charge in [-0.05, 0) is 49.1 Å². The summed E-state index contributed by atoms with van der Waals surface area (Å²) < 4.78 is 0. The fourth-order valence-electron chi connectivity index (χ4n) is 7.65. The Balaban J connectivity index is 1.19. The first kappa shape index (κ1) is 39.5. The van der Waals surface area contributed by atoms with Crippen LogP contribution in [0.1, 0.15) is 104 Å². The maximum Gasteiger partial charge on any atom is 0.253 e. The number of likely N-dealkylation sites (tertiary alicyclic amines) is 2. The summed E-state index contributed by atoms with van der Waals surface area (Å²) in [7, 11) is 0. The number of nitrogens with one attached hydrogen (secondary N) is 3. The van der Waals surface area contributed by atoms with Gasteiger partial charge in [0.2, 0.25) is 23.6 Å². The van der Waals surface area contributed by atoms with Crippen molar-refractivity contribution < 1.29 is 28.8 Å². The van der Waals surface area contributed by atoms with Gasteiger partial charge in [0.05, 0.1) is 23.7 Å². The summed E-state index contributed by atoms with van der Waals surface area (Å²) in [6.45, 7) is 5.63. The van der Waals surface area contributed by atoms with Crippen LogP contribution in [0, 0.1) is 23.7 Å². The number of nitrogens with zero attached hydrogens (tertiary/aromatic N) is 2. The van der Waals surface area contributed by atoms with E-state index in [1.807, 2.05) is 30.3 Å². The quantitative estimate of drug-likeness (QED) is 0.171. The number of carbonyl (C=O) groups is 6. The number of benzene rings is 2. The van der Waals surface area contributed by atoms with Crippen molar-refractivity contribution in [1.29, 1.82) is 0 Å². The third kappa shape index (κ3) is 10.2. The normalized spacial score (nSPS) is 23.4. The summed E-state index contributed by atoms with van der Waals surface area (Å²) in [6, 6.07) is 16.1. The fourth-order valence-corrected chi connectivity index (χ4v) is 7.65. The Hall–Kier alpha value is -4.74. The van der Waals surface area contributed by atoms with Crippen LogP contribution in [0.15, 0.2) is 54.6 Å². The van der Waals surface area contributed by atoms with E-state index in [2.05, 4.69) is 29.8 Å². The molecule has 12 nitrogen and oxygen atoms in total. The van der Waals surface area contributed by atoms with Crippen molar-refractivity contribution in [1.82, 2.24) is 25.8 Å². The van der Waals surface area contributed by atoms with E-state index in [1.165, 1.54) is 4.90 Å². The number of carbonyl (C=O) groups excluding carboxylic acids is 6. The molecular weight excluding hydrogens is 672 g/mol. The summed E-state index contributed by atoms with van der Waals surface area (Å²) in [5.74, 6) is -4.73. The standard InChI is InChI=1S/C41H56N6O6/c1-3-5-7-12-20-43-37(49)33-25-47(26-34(33)38(50)44-21-13-8-6-4-2)41(53)29-18-16-28(17-19-29)40(52)46-23-31(36(42)48)32(24-46)39(51)45-35-22-30(35)27-14-10-9-11-15-27/h9-11,14-19,30-35H,3-8,12-13,20-26H2,1-2H3,(H2,42,48)(H,43,49)(H,44,50)(H,45,51)/t30-,31-,32-,33-,34-,35+/m1/s1. The number of nitrogens with two attached hydrogens (primary N) is 1. The number of rotatable bonds is 18. The molecule has 2 saturated heterocycles. The molecule has 2 aliphatic heterocycles. The van der Waals surface area contributed by atoms with Gasteiger partial charge in [0, 0.05) is 62.4 Å². The molecule has 2 aromatic rings. The van der Waals surface area contributed by atoms with Gasteiger partial charge in [-0.3, -0.25) is 28.8 Å². The molecule has 6 amide bonds. The molecule has 6 atom stereocenters. The second-order valence-electron chi connectivity index (χ2n) is 14.9. The molecule has 286 valence electrons. The minimum atomic E-state index is -0.813. The van der Waals surface area contributed by atoms with Crippen LogP contribution in [0.3, 0.4) is 0 Å². The molecule has 0 unspecified atom stereocenters. The van der Waals surface area contributed by atoms with Gasteiger partial charge in [-0.15, -0.1) is 0 Å². The molecule has 12 heteroatoms. The van der Waals surface area contributed by atoms with Crippen molar-refractivity contribution in [2.75, 3.05) is 39.3 Å². The van der Waals surface area contributed by atoms with E-state index in [1.54, 1.807) is 29.2 Å². The second kappa shape index (κ2) is 18.8. The number of hydrogen-bond donors (Lipinski definition) is 4. The van der Waals surface area contributed by atoms with Gasteiger partial charge in [-0.1, -0.05) is 82.7 Å². The van der Waals surface area contributed by atoms with E-state index >= 15 is 0 Å². The molecule has 0 bridgehead atoms. The lowest BCUT2D eigenvalue weighted by molar-refractivity contribution is -0.132. The van der Waals surface area contributed by atoms with Crippen LogP contribution in [-0.2, 0) is 19.2 Å². The van der Waals surface area contributed by atoms with Crippen molar-refractivity contribution in [2.45, 2.75) is 83.6 Å². The second-order valence-corrected chi connectivity index (χ2v) is 14.9. The summed E-state index contributed by atoms with van der Waals surface area (Å²) in [6.07, 6.45) is 8.93. The lowest BCUT2D eigenvalue weighted by Crippen LogP contribution is -2.42. The third-order valence-electron chi connectivity index (χ3n) is 11.0. The van der Waals surface area contributed by atoms with Gasteiger partial charge < -0.3 is 31.5 Å². The SMILES string of the molecule is CCCCCCNC(=O)[C@@H]1CN(C(=O)c2ccc(C(=O)N3C[C@@H](C(N)=O)[C@H](C(=O)N[C@H]4C[C@@H]4c4ccccc4)C3)cc2)C[C@H]1C(=O)NCCCCCC. The van der Waals surface area contributed by atoms with Crippen molar-refractivity contribution >= 4 is 35.4 Å². The van der Waals surface area contributed by atoms with E-state index in [4.69, 9.17) is 5.73 Å². The molecule has 53 heavy (non-hydrogen) atoms. The van der Waals surface area contributed by atoms with Crippen LogP contribution in [0.2, 0.25) is 0 Å². The van der Waals surface area contributed by atoms with Gasteiger partial charge >= 0.3 is 0 Å². The molecule has 3 aliphatic rings. The van der Waals surface area contributed by atoms with Crippen LogP contribution >= 0.6 is 0 Å². The molecule has 0 aromatic heterocycles. The predicted octanol–water partition coefficient (Wildman–Crippen LogP) is 3.61. The van der Waals surface area contributed by atoms with Crippen molar-refractivity contribution in [3.8, 4) is 0 Å². The summed E-state index contributed by atoms with van der Waals surface area (Å²) in [4.78, 5) is 82.5. The molecule has 0 radical (unpaired) electrons. The summed E-state index contributed by atoms with van der Waals surface area (Å²) in [5.41, 5.74) is 7.47. The smallest absolute Gasteiger partial charge is 0.253 e. The maximum atomic E-state index is 13.7. The monoisotopic (exact) mass is 728 g/mol. The van der Waals surface area contributed by atoms with E-state index in [0.29, 0.717) is 24.2 Å². The number of primary amides is 1. The fraction of sp³-hybridized carbons (Fsp3) is 0.561. The predicted molar refractivity (Wildman–Crippen MR) is 201 cm³/mol. The van der Waals surface area contributed by atoms with Crippen LogP contribution in [0.25, 0.3) is 0 Å². The van der Waals surface area contributed by atoms with E-state index < -0.39 is 29.6 Å². The maximum absolute atomic E-state index is 13.7. The highest BCUT2D eigenvalue weighted by molar-refractivity contribution is 6.00. The molecule has 2 heterocycles. The Morgan fingerprint density at radius 2 is 1.06 bits per heavy atom. The summed E-state index contributed by atoms with van der Waals surface area (Å²) in [5, 5.41) is 9.02. The lowest BCUT2D eigenvalue weighted by atomic mass is 9.94. The first-order valence-electron chi connectivity index (χ1n) is 19.5. The minimum Gasteiger partial charge on any atom is -0.369 e. The molecule has 2 aromatic carbocycles. The third-order valence-corrected chi connectivity index (χ3v) is 11.0. The van der Waals surface area contributed by atoms with Gasteiger partial charge in [-0.25, -0.2) is 0 Å². The van der Waals surface area contributed by atoms with Crippen LogP contribution in [0.5, 0.6) is 0 Å². The summed E-state index contributed by atoms with van der Waals surface area (Å²) >= 11 is 0. The van der Waals surface area contributed by atoms with E-state index in [-0.39, 0.29) is 67.7 Å². The number of hydrogen-bond acceptors (Lipinski definition) is 6. The van der Waals surface area contributed by atoms with Crippen LogP contribution in [-0.4, -0.2) is 90.6 Å².